The largest absolute Gasteiger partial charge is 0.457 e. The van der Waals surface area contributed by atoms with Crippen molar-refractivity contribution in [1.82, 2.24) is 0 Å². The molecule has 2 aliphatic rings. The zero-order chi connectivity index (χ0) is 27.1. The van der Waals surface area contributed by atoms with Crippen LogP contribution in [-0.2, 0) is 10.8 Å². The van der Waals surface area contributed by atoms with Crippen LogP contribution in [0.5, 0.6) is 11.5 Å². The summed E-state index contributed by atoms with van der Waals surface area (Å²) >= 11 is 0. The molecule has 6 aromatic carbocycles. The molecule has 0 saturated carbocycles. The van der Waals surface area contributed by atoms with Gasteiger partial charge in [0, 0.05) is 22.0 Å². The van der Waals surface area contributed by atoms with E-state index in [-0.39, 0.29) is 10.8 Å². The number of fused-ring (bicyclic) bond motifs is 6. The minimum absolute atomic E-state index is 0.115. The lowest BCUT2D eigenvalue weighted by molar-refractivity contribution is 0.418. The first kappa shape index (κ1) is 23.3. The summed E-state index contributed by atoms with van der Waals surface area (Å²) in [7, 11) is 0. The van der Waals surface area contributed by atoms with Crippen molar-refractivity contribution in [2.24, 2.45) is 0 Å². The Morgan fingerprint density at radius 1 is 0.450 bits per heavy atom. The Morgan fingerprint density at radius 2 is 1.07 bits per heavy atom. The maximum Gasteiger partial charge on any atom is 0.132 e. The van der Waals surface area contributed by atoms with Crippen LogP contribution in [0.4, 0.5) is 0 Å². The van der Waals surface area contributed by atoms with E-state index in [0.717, 1.165) is 11.5 Å². The van der Waals surface area contributed by atoms with E-state index in [4.69, 9.17) is 4.74 Å². The van der Waals surface area contributed by atoms with Gasteiger partial charge in [-0.1, -0.05) is 111 Å². The van der Waals surface area contributed by atoms with E-state index in [9.17, 15) is 0 Å². The number of rotatable bonds is 2. The second-order valence-electron chi connectivity index (χ2n) is 11.9. The fourth-order valence-electron chi connectivity index (χ4n) is 7.11. The Kier molecular flexibility index (Phi) is 4.77. The van der Waals surface area contributed by atoms with E-state index in [0.29, 0.717) is 0 Å². The lowest BCUT2D eigenvalue weighted by Crippen LogP contribution is -2.24. The standard InChI is InChI=1S/C39H30O/c1-38(2)32-15-9-10-16-36(32)40-37-24-28(18-20-33(37)38)27-17-19-30-31-21-25-11-7-8-12-26(25)22-35(31)39(3,34(30)23-27)29-13-5-4-6-14-29/h4-24H,1-3H3. The first-order valence-electron chi connectivity index (χ1n) is 14.1. The van der Waals surface area contributed by atoms with Crippen LogP contribution in [0.25, 0.3) is 33.0 Å². The van der Waals surface area contributed by atoms with Crippen LogP contribution >= 0.6 is 0 Å². The molecule has 0 fully saturated rings. The molecule has 1 aliphatic heterocycles. The van der Waals surface area contributed by atoms with Gasteiger partial charge in [0.05, 0.1) is 0 Å². The summed E-state index contributed by atoms with van der Waals surface area (Å²) in [6.45, 7) is 6.96. The minimum atomic E-state index is -0.252. The highest BCUT2D eigenvalue weighted by Gasteiger charge is 2.41. The highest BCUT2D eigenvalue weighted by atomic mass is 16.5. The summed E-state index contributed by atoms with van der Waals surface area (Å²) in [5, 5.41) is 2.56. The smallest absolute Gasteiger partial charge is 0.132 e. The van der Waals surface area contributed by atoms with Crippen molar-refractivity contribution < 1.29 is 4.74 Å². The summed E-state index contributed by atoms with van der Waals surface area (Å²) in [5.74, 6) is 1.90. The van der Waals surface area contributed by atoms with E-state index in [1.807, 2.05) is 0 Å². The average molecular weight is 515 g/mol. The van der Waals surface area contributed by atoms with Crippen LogP contribution in [-0.4, -0.2) is 0 Å². The Morgan fingerprint density at radius 3 is 1.90 bits per heavy atom. The van der Waals surface area contributed by atoms with Crippen LogP contribution in [0, 0.1) is 0 Å². The molecule has 0 saturated heterocycles. The van der Waals surface area contributed by atoms with Gasteiger partial charge in [-0.25, -0.2) is 0 Å². The van der Waals surface area contributed by atoms with Crippen molar-refractivity contribution in [2.45, 2.75) is 31.6 Å². The molecule has 192 valence electrons. The summed E-state index contributed by atoms with van der Waals surface area (Å²) in [6, 6.07) is 46.6. The van der Waals surface area contributed by atoms with Crippen LogP contribution in [0.1, 0.15) is 48.6 Å². The molecule has 0 aromatic heterocycles. The lowest BCUT2D eigenvalue weighted by atomic mass is 9.73. The quantitative estimate of drug-likeness (QED) is 0.223. The molecule has 0 radical (unpaired) electrons. The van der Waals surface area contributed by atoms with E-state index < -0.39 is 0 Å². The predicted octanol–water partition coefficient (Wildman–Crippen LogP) is 10.3. The van der Waals surface area contributed by atoms with E-state index in [2.05, 4.69) is 148 Å². The molecular weight excluding hydrogens is 484 g/mol. The zero-order valence-electron chi connectivity index (χ0n) is 23.0. The molecule has 0 spiro atoms. The Bertz CT molecular complexity index is 1960. The minimum Gasteiger partial charge on any atom is -0.457 e. The Labute approximate surface area is 235 Å². The fourth-order valence-corrected chi connectivity index (χ4v) is 7.11. The number of para-hydroxylation sites is 1. The molecule has 0 bridgehead atoms. The van der Waals surface area contributed by atoms with Gasteiger partial charge in [0.2, 0.25) is 0 Å². The fraction of sp³-hybridized carbons (Fsp3) is 0.128. The third-order valence-corrected chi connectivity index (χ3v) is 9.39. The molecule has 1 heteroatoms. The number of benzene rings is 6. The predicted molar refractivity (Wildman–Crippen MR) is 165 cm³/mol. The third-order valence-electron chi connectivity index (χ3n) is 9.39. The van der Waals surface area contributed by atoms with Crippen LogP contribution < -0.4 is 4.74 Å². The van der Waals surface area contributed by atoms with Crippen molar-refractivity contribution in [3.63, 3.8) is 0 Å². The van der Waals surface area contributed by atoms with Gasteiger partial charge in [-0.05, 0) is 87.0 Å². The molecule has 40 heavy (non-hydrogen) atoms. The summed E-state index contributed by atoms with van der Waals surface area (Å²) in [4.78, 5) is 0. The van der Waals surface area contributed by atoms with Gasteiger partial charge >= 0.3 is 0 Å². The van der Waals surface area contributed by atoms with Crippen LogP contribution in [0.2, 0.25) is 0 Å². The number of hydrogen-bond acceptors (Lipinski definition) is 1. The van der Waals surface area contributed by atoms with Crippen molar-refractivity contribution in [3.05, 3.63) is 155 Å². The second kappa shape index (κ2) is 8.19. The second-order valence-corrected chi connectivity index (χ2v) is 11.9. The van der Waals surface area contributed by atoms with Crippen molar-refractivity contribution in [2.75, 3.05) is 0 Å². The zero-order valence-corrected chi connectivity index (χ0v) is 23.0. The Hall–Kier alpha value is -4.62. The topological polar surface area (TPSA) is 9.23 Å². The van der Waals surface area contributed by atoms with E-state index in [1.165, 1.54) is 60.8 Å². The van der Waals surface area contributed by atoms with Crippen molar-refractivity contribution >= 4 is 10.8 Å². The lowest BCUT2D eigenvalue weighted by Gasteiger charge is -2.34. The maximum absolute atomic E-state index is 6.47. The highest BCUT2D eigenvalue weighted by Crippen LogP contribution is 2.54. The number of hydrogen-bond donors (Lipinski definition) is 0. The first-order valence-corrected chi connectivity index (χ1v) is 14.1. The van der Waals surface area contributed by atoms with Gasteiger partial charge in [0.1, 0.15) is 11.5 Å². The molecule has 1 aliphatic carbocycles. The van der Waals surface area contributed by atoms with Gasteiger partial charge in [-0.3, -0.25) is 0 Å². The molecule has 6 aromatic rings. The summed E-state index contributed by atoms with van der Waals surface area (Å²) in [5.41, 5.74) is 11.2. The normalized spacial score (nSPS) is 17.9. The molecule has 0 N–H and O–H groups in total. The molecule has 1 unspecified atom stereocenters. The molecule has 8 rings (SSSR count). The van der Waals surface area contributed by atoms with Gasteiger partial charge in [-0.15, -0.1) is 0 Å². The highest BCUT2D eigenvalue weighted by molar-refractivity contribution is 5.95. The molecule has 1 nitrogen and oxygen atoms in total. The molecular formula is C39H30O. The SMILES string of the molecule is CC1(C)c2ccccc2Oc2cc(-c3ccc4c(c3)C(C)(c3ccccc3)c3cc5ccccc5cc3-4)ccc21. The third kappa shape index (κ3) is 3.15. The molecule has 0 amide bonds. The summed E-state index contributed by atoms with van der Waals surface area (Å²) in [6.07, 6.45) is 0. The van der Waals surface area contributed by atoms with Gasteiger partial charge in [0.15, 0.2) is 0 Å². The van der Waals surface area contributed by atoms with E-state index in [1.54, 1.807) is 0 Å². The van der Waals surface area contributed by atoms with Gasteiger partial charge in [0.25, 0.3) is 0 Å². The van der Waals surface area contributed by atoms with Gasteiger partial charge < -0.3 is 4.74 Å². The summed E-state index contributed by atoms with van der Waals surface area (Å²) < 4.78 is 6.47. The average Bonchev–Trinajstić information content (AvgIpc) is 3.24. The van der Waals surface area contributed by atoms with Crippen LogP contribution in [0.3, 0.4) is 0 Å². The Balaban J connectivity index is 1.31. The molecule has 1 heterocycles. The number of ether oxygens (including phenoxy) is 1. The first-order chi connectivity index (χ1) is 19.4. The molecule has 1 atom stereocenters. The maximum atomic E-state index is 6.47. The van der Waals surface area contributed by atoms with Crippen LogP contribution in [0.15, 0.2) is 127 Å². The van der Waals surface area contributed by atoms with Crippen molar-refractivity contribution in [1.29, 1.82) is 0 Å². The monoisotopic (exact) mass is 514 g/mol. The van der Waals surface area contributed by atoms with E-state index >= 15 is 0 Å². The van der Waals surface area contributed by atoms with Gasteiger partial charge in [-0.2, -0.15) is 0 Å². The van der Waals surface area contributed by atoms with Crippen molar-refractivity contribution in [3.8, 4) is 33.8 Å².